The number of rotatable bonds is 4. The van der Waals surface area contributed by atoms with Crippen LogP contribution in [0, 0.1) is 5.92 Å². The summed E-state index contributed by atoms with van der Waals surface area (Å²) in [7, 11) is -4.24. The van der Waals surface area contributed by atoms with Crippen molar-refractivity contribution in [1.82, 2.24) is 10.0 Å². The summed E-state index contributed by atoms with van der Waals surface area (Å²) in [6.07, 6.45) is -4.72. The fourth-order valence-electron chi connectivity index (χ4n) is 2.13. The van der Waals surface area contributed by atoms with Gasteiger partial charge < -0.3 is 10.1 Å². The van der Waals surface area contributed by atoms with E-state index in [1.165, 1.54) is 6.07 Å². The van der Waals surface area contributed by atoms with E-state index < -0.39 is 26.7 Å². The molecule has 0 radical (unpaired) electrons. The molecule has 2 N–H and O–H groups in total. The molecule has 1 aromatic carbocycles. The molecule has 1 saturated heterocycles. The molecule has 0 aromatic heterocycles. The molecule has 1 aliphatic heterocycles. The Morgan fingerprint density at radius 3 is 2.77 bits per heavy atom. The molecule has 0 saturated carbocycles. The van der Waals surface area contributed by atoms with Crippen LogP contribution < -0.4 is 10.0 Å². The highest BCUT2D eigenvalue weighted by atomic mass is 32.2. The molecular weight excluding hydrogens is 321 g/mol. The summed E-state index contributed by atoms with van der Waals surface area (Å²) in [5.41, 5.74) is -1.17. The van der Waals surface area contributed by atoms with Gasteiger partial charge >= 0.3 is 6.18 Å². The number of halogens is 3. The predicted molar refractivity (Wildman–Crippen MR) is 73.8 cm³/mol. The zero-order valence-corrected chi connectivity index (χ0v) is 12.5. The molecule has 124 valence electrons. The molecule has 1 aromatic rings. The van der Waals surface area contributed by atoms with Crippen LogP contribution in [0.4, 0.5) is 13.2 Å². The van der Waals surface area contributed by atoms with Gasteiger partial charge in [-0.05, 0) is 12.1 Å². The number of hydrogen-bond acceptors (Lipinski definition) is 4. The van der Waals surface area contributed by atoms with Crippen LogP contribution in [-0.2, 0) is 20.9 Å². The molecule has 0 aliphatic carbocycles. The minimum Gasteiger partial charge on any atom is -0.380 e. The lowest BCUT2D eigenvalue weighted by molar-refractivity contribution is -0.139. The van der Waals surface area contributed by atoms with E-state index in [9.17, 15) is 21.6 Å². The summed E-state index contributed by atoms with van der Waals surface area (Å²) in [6.45, 7) is 2.11. The molecule has 5 nitrogen and oxygen atoms in total. The van der Waals surface area contributed by atoms with Crippen LogP contribution in [0.1, 0.15) is 5.56 Å². The first-order valence-corrected chi connectivity index (χ1v) is 8.23. The summed E-state index contributed by atoms with van der Waals surface area (Å²) < 4.78 is 70.5. The molecular formula is C13H17F3N2O3S. The third kappa shape index (κ3) is 4.42. The fraction of sp³-hybridized carbons (Fsp3) is 0.538. The molecule has 2 rings (SSSR count). The first-order valence-electron chi connectivity index (χ1n) is 6.75. The third-order valence-electron chi connectivity index (χ3n) is 3.25. The van der Waals surface area contributed by atoms with Crippen LogP contribution in [0.2, 0.25) is 0 Å². The first-order chi connectivity index (χ1) is 10.3. The van der Waals surface area contributed by atoms with Crippen LogP contribution >= 0.6 is 0 Å². The normalized spacial score (nSPS) is 20.6. The van der Waals surface area contributed by atoms with Crippen LogP contribution in [0.25, 0.3) is 0 Å². The van der Waals surface area contributed by atoms with Crippen molar-refractivity contribution in [2.45, 2.75) is 11.1 Å². The van der Waals surface area contributed by atoms with Crippen molar-refractivity contribution >= 4 is 10.0 Å². The van der Waals surface area contributed by atoms with Gasteiger partial charge in [-0.1, -0.05) is 12.1 Å². The Bertz CT molecular complexity index is 597. The number of nitrogens with one attached hydrogen (secondary N) is 2. The second kappa shape index (κ2) is 6.95. The van der Waals surface area contributed by atoms with Gasteiger partial charge in [0.1, 0.15) is 0 Å². The van der Waals surface area contributed by atoms with Crippen molar-refractivity contribution in [3.8, 4) is 0 Å². The lowest BCUT2D eigenvalue weighted by Crippen LogP contribution is -2.35. The molecule has 0 amide bonds. The van der Waals surface area contributed by atoms with E-state index in [0.29, 0.717) is 26.3 Å². The zero-order valence-electron chi connectivity index (χ0n) is 11.7. The molecule has 1 heterocycles. The maximum Gasteiger partial charge on any atom is 0.417 e. The van der Waals surface area contributed by atoms with Crippen LogP contribution in [-0.4, -0.2) is 41.3 Å². The van der Waals surface area contributed by atoms with Crippen molar-refractivity contribution in [3.05, 3.63) is 29.8 Å². The van der Waals surface area contributed by atoms with Crippen molar-refractivity contribution in [2.75, 3.05) is 32.8 Å². The highest BCUT2D eigenvalue weighted by molar-refractivity contribution is 7.89. The SMILES string of the molecule is O=S(=O)(NC[C@@H]1CNCCOC1)c1ccccc1C(F)(F)F. The second-order valence-electron chi connectivity index (χ2n) is 4.99. The quantitative estimate of drug-likeness (QED) is 0.866. The first kappa shape index (κ1) is 17.2. The van der Waals surface area contributed by atoms with E-state index in [1.807, 2.05) is 0 Å². The number of sulfonamides is 1. The van der Waals surface area contributed by atoms with Gasteiger partial charge in [-0.2, -0.15) is 13.2 Å². The molecule has 1 fully saturated rings. The van der Waals surface area contributed by atoms with Crippen molar-refractivity contribution < 1.29 is 26.3 Å². The largest absolute Gasteiger partial charge is 0.417 e. The lowest BCUT2D eigenvalue weighted by Gasteiger charge is -2.17. The van der Waals surface area contributed by atoms with E-state index in [-0.39, 0.29) is 12.5 Å². The summed E-state index contributed by atoms with van der Waals surface area (Å²) in [5, 5.41) is 3.07. The zero-order chi connectivity index (χ0) is 16.2. The standard InChI is InChI=1S/C13H17F3N2O3S/c14-13(15,16)11-3-1-2-4-12(11)22(19,20)18-8-10-7-17-5-6-21-9-10/h1-4,10,17-18H,5-9H2/t10-/m0/s1. The Hall–Kier alpha value is -1.16. The Labute approximate surface area is 126 Å². The van der Waals surface area contributed by atoms with Crippen LogP contribution in [0.5, 0.6) is 0 Å². The molecule has 1 aliphatic rings. The van der Waals surface area contributed by atoms with E-state index in [4.69, 9.17) is 4.74 Å². The molecule has 22 heavy (non-hydrogen) atoms. The van der Waals surface area contributed by atoms with Crippen LogP contribution in [0.15, 0.2) is 29.2 Å². The topological polar surface area (TPSA) is 67.4 Å². The monoisotopic (exact) mass is 338 g/mol. The van der Waals surface area contributed by atoms with E-state index in [2.05, 4.69) is 10.0 Å². The number of hydrogen-bond donors (Lipinski definition) is 2. The highest BCUT2D eigenvalue weighted by Crippen LogP contribution is 2.33. The molecule has 0 spiro atoms. The van der Waals surface area contributed by atoms with Crippen LogP contribution in [0.3, 0.4) is 0 Å². The summed E-state index contributed by atoms with van der Waals surface area (Å²) in [5.74, 6) is -0.129. The minimum atomic E-state index is -4.72. The Morgan fingerprint density at radius 1 is 1.32 bits per heavy atom. The Morgan fingerprint density at radius 2 is 2.05 bits per heavy atom. The number of ether oxygens (including phenoxy) is 1. The van der Waals surface area contributed by atoms with E-state index in [1.54, 1.807) is 0 Å². The van der Waals surface area contributed by atoms with Gasteiger partial charge in [0, 0.05) is 25.6 Å². The van der Waals surface area contributed by atoms with Gasteiger partial charge in [0.2, 0.25) is 10.0 Å². The average Bonchev–Trinajstić information content (AvgIpc) is 2.73. The van der Waals surface area contributed by atoms with Gasteiger partial charge in [0.05, 0.1) is 23.7 Å². The Kier molecular flexibility index (Phi) is 5.43. The minimum absolute atomic E-state index is 0.0154. The van der Waals surface area contributed by atoms with Gasteiger partial charge in [0.15, 0.2) is 0 Å². The van der Waals surface area contributed by atoms with Gasteiger partial charge in [0.25, 0.3) is 0 Å². The molecule has 0 bridgehead atoms. The lowest BCUT2D eigenvalue weighted by atomic mass is 10.2. The van der Waals surface area contributed by atoms with Crippen molar-refractivity contribution in [2.24, 2.45) is 5.92 Å². The molecule has 9 heteroatoms. The summed E-state index contributed by atoms with van der Waals surface area (Å²) in [6, 6.07) is 4.13. The van der Waals surface area contributed by atoms with Crippen molar-refractivity contribution in [1.29, 1.82) is 0 Å². The molecule has 1 atom stereocenters. The maximum absolute atomic E-state index is 12.9. The van der Waals surface area contributed by atoms with E-state index >= 15 is 0 Å². The summed E-state index contributed by atoms with van der Waals surface area (Å²) in [4.78, 5) is -0.759. The summed E-state index contributed by atoms with van der Waals surface area (Å²) >= 11 is 0. The second-order valence-corrected chi connectivity index (χ2v) is 6.73. The van der Waals surface area contributed by atoms with Gasteiger partial charge in [-0.15, -0.1) is 0 Å². The Balaban J connectivity index is 2.13. The average molecular weight is 338 g/mol. The number of alkyl halides is 3. The number of benzene rings is 1. The van der Waals surface area contributed by atoms with Gasteiger partial charge in [-0.25, -0.2) is 13.1 Å². The van der Waals surface area contributed by atoms with Gasteiger partial charge in [-0.3, -0.25) is 0 Å². The highest BCUT2D eigenvalue weighted by Gasteiger charge is 2.36. The third-order valence-corrected chi connectivity index (χ3v) is 4.74. The molecule has 0 unspecified atom stereocenters. The predicted octanol–water partition coefficient (Wildman–Crippen LogP) is 1.22. The van der Waals surface area contributed by atoms with Crippen molar-refractivity contribution in [3.63, 3.8) is 0 Å². The van der Waals surface area contributed by atoms with E-state index in [0.717, 1.165) is 18.2 Å². The smallest absolute Gasteiger partial charge is 0.380 e. The fourth-order valence-corrected chi connectivity index (χ4v) is 3.47. The maximum atomic E-state index is 12.9.